The van der Waals surface area contributed by atoms with Crippen molar-refractivity contribution < 1.29 is 65.8 Å². The summed E-state index contributed by atoms with van der Waals surface area (Å²) in [7, 11) is -2.10. The van der Waals surface area contributed by atoms with Gasteiger partial charge in [-0.2, -0.15) is 0 Å². The molecule has 18 heteroatoms. The average molecular weight is 811 g/mol. The molecule has 2 N–H and O–H groups in total. The molecular weight excluding hydrogens is 758 g/mol. The lowest BCUT2D eigenvalue weighted by Crippen LogP contribution is -2.36. The van der Waals surface area contributed by atoms with Crippen LogP contribution in [0.5, 0.6) is 23.0 Å². The number of ether oxygens (including phenoxy) is 6. The number of hydrogen-bond acceptors (Lipinski definition) is 14. The normalized spacial score (nSPS) is 14.9. The van der Waals surface area contributed by atoms with Crippen LogP contribution in [0.3, 0.4) is 0 Å². The van der Waals surface area contributed by atoms with Crippen molar-refractivity contribution in [3.05, 3.63) is 59.7 Å². The van der Waals surface area contributed by atoms with Crippen molar-refractivity contribution in [2.24, 2.45) is 0 Å². The first-order valence-corrected chi connectivity index (χ1v) is 20.8. The molecule has 2 aromatic rings. The Morgan fingerprint density at radius 2 is 0.964 bits per heavy atom. The van der Waals surface area contributed by atoms with E-state index in [1.54, 1.807) is 52.0 Å². The smallest absolute Gasteiger partial charge is 0.342 e. The van der Waals surface area contributed by atoms with E-state index in [9.17, 15) is 28.3 Å². The van der Waals surface area contributed by atoms with Crippen molar-refractivity contribution in [2.75, 3.05) is 41.1 Å². The maximum Gasteiger partial charge on any atom is 0.342 e. The Kier molecular flexibility index (Phi) is 19.0. The van der Waals surface area contributed by atoms with E-state index in [2.05, 4.69) is 10.2 Å². The van der Waals surface area contributed by atoms with Gasteiger partial charge >= 0.3 is 27.0 Å². The number of nitrogens with one attached hydrogen (secondary N) is 2. The quantitative estimate of drug-likeness (QED) is 0.0527. The molecule has 2 unspecified atom stereocenters. The summed E-state index contributed by atoms with van der Waals surface area (Å²) in [4.78, 5) is 49.8. The first-order chi connectivity index (χ1) is 25.9. The number of benzene rings is 2. The fourth-order valence-electron chi connectivity index (χ4n) is 4.60. The van der Waals surface area contributed by atoms with Gasteiger partial charge in [-0.3, -0.25) is 28.3 Å². The third kappa shape index (κ3) is 16.1. The standard InChI is InChI=1S/C37H52N2O14P2/c1-24(2)50-36(42)26(5)38-54(44,22-46-7)52-32-17-13-28(19-34(32)48-9)11-15-30(40)21-31(41)16-12-29-14-18-33(35(20-29)49-10)53-55(45,23-47-8)39-27(6)37(43)51-25(3)4/h11-20,24-27H,21-23H2,1-10H3,(H,38,44)(H,39,45)/b15-11+,16-12+/t26-,27+,54?,55?. The molecule has 0 heterocycles. The fraction of sp³-hybridized carbons (Fsp3) is 0.459. The predicted octanol–water partition coefficient (Wildman–Crippen LogP) is 6.17. The summed E-state index contributed by atoms with van der Waals surface area (Å²) < 4.78 is 69.9. The second kappa shape index (κ2) is 22.3. The maximum absolute atomic E-state index is 13.5. The number of hydrogen-bond donors (Lipinski definition) is 2. The molecule has 0 aliphatic rings. The zero-order chi connectivity index (χ0) is 41.3. The minimum atomic E-state index is -3.77. The summed E-state index contributed by atoms with van der Waals surface area (Å²) in [6.07, 6.45) is 3.60. The van der Waals surface area contributed by atoms with Crippen molar-refractivity contribution in [2.45, 2.75) is 72.3 Å². The second-order valence-electron chi connectivity index (χ2n) is 12.6. The van der Waals surface area contributed by atoms with Crippen LogP contribution in [-0.4, -0.2) is 88.9 Å². The van der Waals surface area contributed by atoms with Gasteiger partial charge in [0.15, 0.2) is 34.6 Å². The van der Waals surface area contributed by atoms with Crippen molar-refractivity contribution >= 4 is 50.7 Å². The third-order valence-corrected chi connectivity index (χ3v) is 10.7. The molecule has 0 saturated carbocycles. The number of allylic oxidation sites excluding steroid dienone is 2. The average Bonchev–Trinajstić information content (AvgIpc) is 3.10. The van der Waals surface area contributed by atoms with Gasteiger partial charge in [0.05, 0.1) is 32.8 Å². The van der Waals surface area contributed by atoms with Crippen LogP contribution in [0.1, 0.15) is 59.1 Å². The topological polar surface area (TPSA) is 200 Å². The lowest BCUT2D eigenvalue weighted by Gasteiger charge is -2.24. The summed E-state index contributed by atoms with van der Waals surface area (Å²) in [5.41, 5.74) is 1.04. The number of esters is 2. The van der Waals surface area contributed by atoms with Crippen LogP contribution in [0.25, 0.3) is 12.2 Å². The lowest BCUT2D eigenvalue weighted by molar-refractivity contribution is -0.149. The third-order valence-electron chi connectivity index (χ3n) is 6.93. The molecule has 0 aromatic heterocycles. The Balaban J connectivity index is 2.10. The molecule has 16 nitrogen and oxygen atoms in total. The number of rotatable bonds is 24. The van der Waals surface area contributed by atoms with Crippen LogP contribution < -0.4 is 28.7 Å². The molecule has 2 aromatic carbocycles. The summed E-state index contributed by atoms with van der Waals surface area (Å²) in [6.45, 7) is 9.77. The summed E-state index contributed by atoms with van der Waals surface area (Å²) >= 11 is 0. The zero-order valence-electron chi connectivity index (χ0n) is 32.8. The van der Waals surface area contributed by atoms with Gasteiger partial charge in [-0.25, -0.2) is 10.2 Å². The number of carbonyl (C=O) groups is 4. The van der Waals surface area contributed by atoms with E-state index in [4.69, 9.17) is 37.5 Å². The minimum absolute atomic E-state index is 0.0961. The molecule has 0 radical (unpaired) electrons. The maximum atomic E-state index is 13.5. The molecule has 0 saturated heterocycles. The van der Waals surface area contributed by atoms with E-state index in [1.807, 2.05) is 0 Å². The van der Waals surface area contributed by atoms with Gasteiger partial charge in [0.1, 0.15) is 24.8 Å². The largest absolute Gasteiger partial charge is 0.493 e. The van der Waals surface area contributed by atoms with Gasteiger partial charge in [-0.15, -0.1) is 0 Å². The van der Waals surface area contributed by atoms with Gasteiger partial charge in [-0.05, 0) is 89.1 Å². The van der Waals surface area contributed by atoms with E-state index < -0.39 is 57.0 Å². The monoisotopic (exact) mass is 810 g/mol. The molecule has 2 rings (SSSR count). The van der Waals surface area contributed by atoms with E-state index in [0.29, 0.717) is 11.1 Å². The Hall–Kier alpha value is -4.30. The van der Waals surface area contributed by atoms with Crippen LogP contribution >= 0.6 is 15.0 Å². The van der Waals surface area contributed by atoms with Gasteiger partial charge in [-0.1, -0.05) is 24.3 Å². The first-order valence-electron chi connectivity index (χ1n) is 17.2. The van der Waals surface area contributed by atoms with E-state index in [-0.39, 0.29) is 47.9 Å². The van der Waals surface area contributed by atoms with Gasteiger partial charge in [0, 0.05) is 14.2 Å². The number of ketones is 2. The zero-order valence-corrected chi connectivity index (χ0v) is 34.6. The van der Waals surface area contributed by atoms with Gasteiger partial charge in [0.25, 0.3) is 0 Å². The SMILES string of the molecule is COCP(=O)(N[C@@H](C)C(=O)OC(C)C)Oc1ccc(/C=C/C(=O)CC(=O)/C=C/c2ccc(OP(=O)(COC)N[C@H](C)C(=O)OC(C)C)c(OC)c2)cc1OC. The summed E-state index contributed by atoms with van der Waals surface area (Å²) in [5.74, 6) is -1.59. The van der Waals surface area contributed by atoms with Crippen LogP contribution in [0, 0.1) is 0 Å². The lowest BCUT2D eigenvalue weighted by atomic mass is 10.1. The highest BCUT2D eigenvalue weighted by Crippen LogP contribution is 2.48. The fourth-order valence-corrected chi connectivity index (χ4v) is 7.96. The van der Waals surface area contributed by atoms with Crippen LogP contribution in [-0.2, 0) is 47.3 Å². The van der Waals surface area contributed by atoms with Crippen LogP contribution in [0.2, 0.25) is 0 Å². The molecule has 4 atom stereocenters. The first kappa shape index (κ1) is 46.9. The molecule has 0 bridgehead atoms. The van der Waals surface area contributed by atoms with E-state index in [1.165, 1.54) is 78.7 Å². The Morgan fingerprint density at radius 1 is 0.600 bits per heavy atom. The van der Waals surface area contributed by atoms with E-state index in [0.717, 1.165) is 0 Å². The molecule has 0 aliphatic heterocycles. The predicted molar refractivity (Wildman–Crippen MR) is 207 cm³/mol. The van der Waals surface area contributed by atoms with Crippen LogP contribution in [0.15, 0.2) is 48.6 Å². The molecule has 0 amide bonds. The van der Waals surface area contributed by atoms with E-state index >= 15 is 0 Å². The van der Waals surface area contributed by atoms with Gasteiger partial charge in [0.2, 0.25) is 0 Å². The molecule has 0 aliphatic carbocycles. The van der Waals surface area contributed by atoms with Crippen molar-refractivity contribution in [3.8, 4) is 23.0 Å². The molecule has 0 spiro atoms. The highest BCUT2D eigenvalue weighted by molar-refractivity contribution is 7.57. The number of carbonyl (C=O) groups excluding carboxylic acids is 4. The van der Waals surface area contributed by atoms with Crippen molar-refractivity contribution in [1.82, 2.24) is 10.2 Å². The minimum Gasteiger partial charge on any atom is -0.493 e. The summed E-state index contributed by atoms with van der Waals surface area (Å²) in [6, 6.07) is 7.31. The number of methoxy groups -OCH3 is 4. The van der Waals surface area contributed by atoms with Crippen LogP contribution in [0.4, 0.5) is 0 Å². The Morgan fingerprint density at radius 3 is 1.27 bits per heavy atom. The van der Waals surface area contributed by atoms with Crippen molar-refractivity contribution in [1.29, 1.82) is 0 Å². The highest BCUT2D eigenvalue weighted by Gasteiger charge is 2.33. The van der Waals surface area contributed by atoms with Gasteiger partial charge < -0.3 is 37.5 Å². The molecular formula is C37H52N2O14P2. The molecule has 0 fully saturated rings. The van der Waals surface area contributed by atoms with Crippen molar-refractivity contribution in [3.63, 3.8) is 0 Å². The Labute approximate surface area is 322 Å². The molecule has 55 heavy (non-hydrogen) atoms. The Bertz CT molecular complexity index is 1670. The summed E-state index contributed by atoms with van der Waals surface area (Å²) in [5, 5.41) is 5.33. The highest BCUT2D eigenvalue weighted by atomic mass is 31.2. The molecule has 304 valence electrons. The second-order valence-corrected chi connectivity index (χ2v) is 16.7.